The highest BCUT2D eigenvalue weighted by Crippen LogP contribution is 2.33. The van der Waals surface area contributed by atoms with Crippen LogP contribution in [0.2, 0.25) is 0 Å². The number of benzene rings is 2. The molecule has 2 aromatic carbocycles. The molecule has 0 amide bonds. The molecule has 0 saturated carbocycles. The Kier molecular flexibility index (Phi) is 4.09. The second-order valence-corrected chi connectivity index (χ2v) is 5.15. The number of rotatable bonds is 3. The van der Waals surface area contributed by atoms with Gasteiger partial charge in [0.05, 0.1) is 13.2 Å². The topological polar surface area (TPSA) is 35.2 Å². The Labute approximate surface area is 119 Å². The number of methoxy groups -OCH3 is 1. The van der Waals surface area contributed by atoms with E-state index in [0.717, 1.165) is 16.7 Å². The third kappa shape index (κ3) is 2.54. The van der Waals surface area contributed by atoms with Crippen LogP contribution in [0.5, 0.6) is 5.75 Å². The van der Waals surface area contributed by atoms with E-state index in [9.17, 15) is 4.39 Å². The SMILES string of the molecule is COc1cc(C)cc(C)c1C(N)c1cccc(C)c1F. The highest BCUT2D eigenvalue weighted by Gasteiger charge is 2.20. The molecule has 2 rings (SSSR count). The van der Waals surface area contributed by atoms with Crippen LogP contribution >= 0.6 is 0 Å². The summed E-state index contributed by atoms with van der Waals surface area (Å²) in [7, 11) is 1.61. The van der Waals surface area contributed by atoms with Crippen LogP contribution in [-0.2, 0) is 0 Å². The molecule has 0 heterocycles. The molecule has 0 aliphatic carbocycles. The van der Waals surface area contributed by atoms with E-state index in [2.05, 4.69) is 0 Å². The Balaban J connectivity index is 2.59. The summed E-state index contributed by atoms with van der Waals surface area (Å²) in [5.74, 6) is 0.456. The molecular formula is C17H20FNO. The van der Waals surface area contributed by atoms with Gasteiger partial charge in [-0.25, -0.2) is 4.39 Å². The van der Waals surface area contributed by atoms with Crippen molar-refractivity contribution in [2.24, 2.45) is 5.73 Å². The molecule has 1 unspecified atom stereocenters. The normalized spacial score (nSPS) is 12.3. The number of nitrogens with two attached hydrogens (primary N) is 1. The number of aryl methyl sites for hydroxylation is 3. The minimum Gasteiger partial charge on any atom is -0.496 e. The van der Waals surface area contributed by atoms with Gasteiger partial charge in [0.1, 0.15) is 11.6 Å². The lowest BCUT2D eigenvalue weighted by Crippen LogP contribution is -2.16. The van der Waals surface area contributed by atoms with Crippen molar-refractivity contribution in [1.82, 2.24) is 0 Å². The van der Waals surface area contributed by atoms with E-state index < -0.39 is 6.04 Å². The van der Waals surface area contributed by atoms with E-state index in [4.69, 9.17) is 10.5 Å². The first-order valence-corrected chi connectivity index (χ1v) is 6.61. The van der Waals surface area contributed by atoms with Crippen LogP contribution in [0, 0.1) is 26.6 Å². The lowest BCUT2D eigenvalue weighted by molar-refractivity contribution is 0.406. The maximum absolute atomic E-state index is 14.3. The number of halogens is 1. The zero-order chi connectivity index (χ0) is 14.9. The van der Waals surface area contributed by atoms with Gasteiger partial charge in [0, 0.05) is 11.1 Å². The van der Waals surface area contributed by atoms with Crippen molar-refractivity contribution in [2.45, 2.75) is 26.8 Å². The summed E-state index contributed by atoms with van der Waals surface area (Å²) in [6.07, 6.45) is 0. The quantitative estimate of drug-likeness (QED) is 0.923. The molecule has 0 aliphatic rings. The fourth-order valence-corrected chi connectivity index (χ4v) is 2.57. The third-order valence-corrected chi connectivity index (χ3v) is 3.58. The van der Waals surface area contributed by atoms with Crippen molar-refractivity contribution in [3.05, 3.63) is 64.0 Å². The molecule has 0 radical (unpaired) electrons. The average Bonchev–Trinajstić information content (AvgIpc) is 2.40. The van der Waals surface area contributed by atoms with Gasteiger partial charge in [0.15, 0.2) is 0 Å². The Bertz CT molecular complexity index is 637. The Morgan fingerprint density at radius 2 is 1.80 bits per heavy atom. The minimum absolute atomic E-state index is 0.248. The van der Waals surface area contributed by atoms with Crippen LogP contribution in [0.1, 0.15) is 33.9 Å². The lowest BCUT2D eigenvalue weighted by Gasteiger charge is -2.20. The van der Waals surface area contributed by atoms with Gasteiger partial charge in [-0.2, -0.15) is 0 Å². The fraction of sp³-hybridized carbons (Fsp3) is 0.294. The summed E-state index contributed by atoms with van der Waals surface area (Å²) in [6.45, 7) is 5.71. The van der Waals surface area contributed by atoms with E-state index in [1.807, 2.05) is 32.0 Å². The summed E-state index contributed by atoms with van der Waals surface area (Å²) in [4.78, 5) is 0. The predicted octanol–water partition coefficient (Wildman–Crippen LogP) is 3.81. The molecule has 2 nitrogen and oxygen atoms in total. The van der Waals surface area contributed by atoms with Gasteiger partial charge in [-0.3, -0.25) is 0 Å². The molecule has 2 N–H and O–H groups in total. The molecule has 0 saturated heterocycles. The molecule has 106 valence electrons. The summed E-state index contributed by atoms with van der Waals surface area (Å²) >= 11 is 0. The molecule has 20 heavy (non-hydrogen) atoms. The standard InChI is InChI=1S/C17H20FNO/c1-10-8-12(3)15(14(9-10)20-4)17(19)13-7-5-6-11(2)16(13)18/h5-9,17H,19H2,1-4H3. The molecule has 2 aromatic rings. The first-order valence-electron chi connectivity index (χ1n) is 6.61. The van der Waals surface area contributed by atoms with Crippen LogP contribution in [0.15, 0.2) is 30.3 Å². The molecule has 0 aliphatic heterocycles. The maximum atomic E-state index is 14.3. The molecular weight excluding hydrogens is 253 g/mol. The predicted molar refractivity (Wildman–Crippen MR) is 79.6 cm³/mol. The van der Waals surface area contributed by atoms with E-state index in [0.29, 0.717) is 16.9 Å². The van der Waals surface area contributed by atoms with Gasteiger partial charge in [-0.05, 0) is 43.5 Å². The van der Waals surface area contributed by atoms with Crippen LogP contribution in [0.25, 0.3) is 0 Å². The number of ether oxygens (including phenoxy) is 1. The van der Waals surface area contributed by atoms with E-state index in [1.165, 1.54) is 0 Å². The third-order valence-electron chi connectivity index (χ3n) is 3.58. The van der Waals surface area contributed by atoms with Crippen LogP contribution in [0.4, 0.5) is 4.39 Å². The zero-order valence-corrected chi connectivity index (χ0v) is 12.3. The largest absolute Gasteiger partial charge is 0.496 e. The Hall–Kier alpha value is -1.87. The van der Waals surface area contributed by atoms with Gasteiger partial charge in [-0.15, -0.1) is 0 Å². The van der Waals surface area contributed by atoms with Crippen molar-refractivity contribution >= 4 is 0 Å². The van der Waals surface area contributed by atoms with Gasteiger partial charge >= 0.3 is 0 Å². The van der Waals surface area contributed by atoms with Crippen molar-refractivity contribution in [2.75, 3.05) is 7.11 Å². The highest BCUT2D eigenvalue weighted by molar-refractivity contribution is 5.49. The van der Waals surface area contributed by atoms with Gasteiger partial charge in [0.25, 0.3) is 0 Å². The summed E-state index contributed by atoms with van der Waals surface area (Å²) in [5, 5.41) is 0. The number of hydrogen-bond acceptors (Lipinski definition) is 2. The van der Waals surface area contributed by atoms with Crippen molar-refractivity contribution in [1.29, 1.82) is 0 Å². The first-order chi connectivity index (χ1) is 9.45. The average molecular weight is 273 g/mol. The lowest BCUT2D eigenvalue weighted by atomic mass is 9.92. The Morgan fingerprint density at radius 1 is 1.10 bits per heavy atom. The van der Waals surface area contributed by atoms with Crippen molar-refractivity contribution < 1.29 is 9.13 Å². The van der Waals surface area contributed by atoms with E-state index in [-0.39, 0.29) is 5.82 Å². The Morgan fingerprint density at radius 3 is 2.45 bits per heavy atom. The summed E-state index contributed by atoms with van der Waals surface area (Å²) in [6, 6.07) is 8.71. The summed E-state index contributed by atoms with van der Waals surface area (Å²) in [5.41, 5.74) is 10.3. The van der Waals surface area contributed by atoms with Crippen LogP contribution in [0.3, 0.4) is 0 Å². The maximum Gasteiger partial charge on any atom is 0.131 e. The highest BCUT2D eigenvalue weighted by atomic mass is 19.1. The second kappa shape index (κ2) is 5.63. The second-order valence-electron chi connectivity index (χ2n) is 5.15. The smallest absolute Gasteiger partial charge is 0.131 e. The fourth-order valence-electron chi connectivity index (χ4n) is 2.57. The molecule has 1 atom stereocenters. The van der Waals surface area contributed by atoms with Crippen molar-refractivity contribution in [3.8, 4) is 5.75 Å². The van der Waals surface area contributed by atoms with E-state index in [1.54, 1.807) is 26.2 Å². The van der Waals surface area contributed by atoms with Gasteiger partial charge in [-0.1, -0.05) is 24.3 Å². The first kappa shape index (κ1) is 14.5. The van der Waals surface area contributed by atoms with Crippen molar-refractivity contribution in [3.63, 3.8) is 0 Å². The van der Waals surface area contributed by atoms with E-state index >= 15 is 0 Å². The van der Waals surface area contributed by atoms with Crippen LogP contribution in [-0.4, -0.2) is 7.11 Å². The molecule has 0 fully saturated rings. The monoisotopic (exact) mass is 273 g/mol. The van der Waals surface area contributed by atoms with Gasteiger partial charge in [0.2, 0.25) is 0 Å². The molecule has 3 heteroatoms. The number of hydrogen-bond donors (Lipinski definition) is 1. The molecule has 0 spiro atoms. The zero-order valence-electron chi connectivity index (χ0n) is 12.3. The summed E-state index contributed by atoms with van der Waals surface area (Å²) < 4.78 is 19.7. The van der Waals surface area contributed by atoms with Gasteiger partial charge < -0.3 is 10.5 Å². The molecule has 0 aromatic heterocycles. The van der Waals surface area contributed by atoms with Crippen LogP contribution < -0.4 is 10.5 Å². The molecule has 0 bridgehead atoms. The minimum atomic E-state index is -0.537.